The van der Waals surface area contributed by atoms with Crippen molar-refractivity contribution >= 4 is 17.9 Å². The van der Waals surface area contributed by atoms with E-state index in [1.165, 1.54) is 0 Å². The number of rotatable bonds is 8. The summed E-state index contributed by atoms with van der Waals surface area (Å²) in [5, 5.41) is 6.14. The van der Waals surface area contributed by atoms with Gasteiger partial charge in [-0.15, -0.1) is 0 Å². The number of ether oxygens (including phenoxy) is 1. The molecule has 1 fully saturated rings. The topological polar surface area (TPSA) is 99.7 Å². The molecule has 2 N–H and O–H groups in total. The minimum atomic E-state index is -0.289. The molecule has 0 atom stereocenters. The van der Waals surface area contributed by atoms with Crippen LogP contribution in [0.5, 0.6) is 0 Å². The summed E-state index contributed by atoms with van der Waals surface area (Å²) in [7, 11) is 4.05. The summed E-state index contributed by atoms with van der Waals surface area (Å²) in [5.41, 5.74) is 0.341. The number of nitrogens with one attached hydrogen (secondary N) is 2. The van der Waals surface area contributed by atoms with Crippen LogP contribution in [0.3, 0.4) is 0 Å². The van der Waals surface area contributed by atoms with Crippen LogP contribution in [0.2, 0.25) is 0 Å². The van der Waals surface area contributed by atoms with E-state index in [0.717, 1.165) is 19.5 Å². The summed E-state index contributed by atoms with van der Waals surface area (Å²) in [6, 6.07) is 1.63. The molecule has 9 heteroatoms. The number of hydrogen-bond acceptors (Lipinski definition) is 7. The second kappa shape index (κ2) is 10.7. The smallest absolute Gasteiger partial charge is 0.409 e. The Labute approximate surface area is 160 Å². The molecule has 1 aliphatic rings. The third kappa shape index (κ3) is 7.01. The zero-order chi connectivity index (χ0) is 19.6. The highest BCUT2D eigenvalue weighted by Gasteiger charge is 2.25. The average Bonchev–Trinajstić information content (AvgIpc) is 2.66. The van der Waals surface area contributed by atoms with E-state index in [-0.39, 0.29) is 18.0 Å². The number of piperidine rings is 1. The first-order valence-corrected chi connectivity index (χ1v) is 9.43. The number of carbonyl (C=O) groups excluding carboxylic acids is 2. The van der Waals surface area contributed by atoms with Gasteiger partial charge in [-0.3, -0.25) is 4.79 Å². The number of likely N-dealkylation sites (tertiary alicyclic amines) is 1. The molecular weight excluding hydrogens is 348 g/mol. The van der Waals surface area contributed by atoms with Gasteiger partial charge in [0.05, 0.1) is 6.61 Å². The SMILES string of the molecule is CCOC(=O)N1CCC(NC(=O)c2ccnc(NCCCN(C)C)n2)CC1. The second-order valence-corrected chi connectivity index (χ2v) is 6.78. The van der Waals surface area contributed by atoms with E-state index in [0.29, 0.717) is 44.2 Å². The molecule has 150 valence electrons. The Hall–Kier alpha value is -2.42. The third-order valence-electron chi connectivity index (χ3n) is 4.31. The maximum atomic E-state index is 12.5. The van der Waals surface area contributed by atoms with Crippen LogP contribution in [0, 0.1) is 0 Å². The molecule has 0 aliphatic carbocycles. The molecule has 0 spiro atoms. The first kappa shape index (κ1) is 20.9. The van der Waals surface area contributed by atoms with E-state index in [2.05, 4.69) is 25.5 Å². The monoisotopic (exact) mass is 378 g/mol. The highest BCUT2D eigenvalue weighted by molar-refractivity contribution is 5.92. The lowest BCUT2D eigenvalue weighted by molar-refractivity contribution is 0.0856. The first-order chi connectivity index (χ1) is 13.0. The van der Waals surface area contributed by atoms with Crippen LogP contribution in [0.25, 0.3) is 0 Å². The Kier molecular flexibility index (Phi) is 8.25. The van der Waals surface area contributed by atoms with E-state index in [1.807, 2.05) is 14.1 Å². The molecule has 1 saturated heterocycles. The van der Waals surface area contributed by atoms with Gasteiger partial charge >= 0.3 is 6.09 Å². The molecule has 27 heavy (non-hydrogen) atoms. The predicted molar refractivity (Wildman–Crippen MR) is 103 cm³/mol. The molecule has 1 aromatic heterocycles. The number of hydrogen-bond donors (Lipinski definition) is 2. The number of anilines is 1. The van der Waals surface area contributed by atoms with Crippen molar-refractivity contribution in [1.82, 2.24) is 25.1 Å². The zero-order valence-electron chi connectivity index (χ0n) is 16.4. The molecule has 2 rings (SSSR count). The number of nitrogens with zero attached hydrogens (tertiary/aromatic N) is 4. The maximum Gasteiger partial charge on any atom is 0.409 e. The fourth-order valence-corrected chi connectivity index (χ4v) is 2.85. The number of aromatic nitrogens is 2. The van der Waals surface area contributed by atoms with E-state index in [1.54, 1.807) is 24.1 Å². The van der Waals surface area contributed by atoms with Crippen molar-refractivity contribution in [2.75, 3.05) is 52.2 Å². The minimum absolute atomic E-state index is 0.0228. The Balaban J connectivity index is 1.79. The fraction of sp³-hybridized carbons (Fsp3) is 0.667. The Morgan fingerprint density at radius 2 is 2.07 bits per heavy atom. The van der Waals surface area contributed by atoms with Gasteiger partial charge in [0.2, 0.25) is 5.95 Å². The van der Waals surface area contributed by atoms with Gasteiger partial charge in [-0.1, -0.05) is 0 Å². The standard InChI is InChI=1S/C18H30N6O3/c1-4-27-18(26)24-12-7-14(8-13-24)21-16(25)15-6-10-20-17(22-15)19-9-5-11-23(2)3/h6,10,14H,4-5,7-9,11-13H2,1-3H3,(H,21,25)(H,19,20,22). The van der Waals surface area contributed by atoms with Crippen LogP contribution >= 0.6 is 0 Å². The predicted octanol–water partition coefficient (Wildman–Crippen LogP) is 1.19. The average molecular weight is 378 g/mol. The van der Waals surface area contributed by atoms with Crippen molar-refractivity contribution in [3.63, 3.8) is 0 Å². The minimum Gasteiger partial charge on any atom is -0.450 e. The fourth-order valence-electron chi connectivity index (χ4n) is 2.85. The van der Waals surface area contributed by atoms with E-state index < -0.39 is 0 Å². The summed E-state index contributed by atoms with van der Waals surface area (Å²) in [5.74, 6) is 0.238. The normalized spacial score (nSPS) is 14.9. The highest BCUT2D eigenvalue weighted by Crippen LogP contribution is 2.12. The van der Waals surface area contributed by atoms with Gasteiger partial charge in [0, 0.05) is 31.9 Å². The van der Waals surface area contributed by atoms with Crippen molar-refractivity contribution in [2.24, 2.45) is 0 Å². The molecule has 0 aromatic carbocycles. The van der Waals surface area contributed by atoms with Gasteiger partial charge in [0.15, 0.2) is 0 Å². The molecule has 0 unspecified atom stereocenters. The lowest BCUT2D eigenvalue weighted by Crippen LogP contribution is -2.46. The summed E-state index contributed by atoms with van der Waals surface area (Å²) in [4.78, 5) is 36.4. The Morgan fingerprint density at radius 3 is 2.74 bits per heavy atom. The lowest BCUT2D eigenvalue weighted by atomic mass is 10.1. The van der Waals surface area contributed by atoms with Gasteiger partial charge in [0.25, 0.3) is 5.91 Å². The van der Waals surface area contributed by atoms with Gasteiger partial charge in [-0.2, -0.15) is 0 Å². The molecule has 9 nitrogen and oxygen atoms in total. The number of amides is 2. The van der Waals surface area contributed by atoms with E-state index >= 15 is 0 Å². The molecule has 1 aromatic rings. The van der Waals surface area contributed by atoms with E-state index in [9.17, 15) is 9.59 Å². The molecule has 0 bridgehead atoms. The van der Waals surface area contributed by atoms with Crippen molar-refractivity contribution in [1.29, 1.82) is 0 Å². The molecular formula is C18H30N6O3. The molecule has 2 amide bonds. The highest BCUT2D eigenvalue weighted by atomic mass is 16.6. The van der Waals surface area contributed by atoms with Gasteiger partial charge in [-0.05, 0) is 52.9 Å². The van der Waals surface area contributed by atoms with Crippen LogP contribution in [-0.2, 0) is 4.74 Å². The third-order valence-corrected chi connectivity index (χ3v) is 4.31. The van der Waals surface area contributed by atoms with E-state index in [4.69, 9.17) is 4.74 Å². The van der Waals surface area contributed by atoms with Gasteiger partial charge in [0.1, 0.15) is 5.69 Å². The van der Waals surface area contributed by atoms with Gasteiger partial charge in [-0.25, -0.2) is 14.8 Å². The lowest BCUT2D eigenvalue weighted by Gasteiger charge is -2.31. The second-order valence-electron chi connectivity index (χ2n) is 6.78. The maximum absolute atomic E-state index is 12.5. The molecule has 0 saturated carbocycles. The van der Waals surface area contributed by atoms with Crippen molar-refractivity contribution in [2.45, 2.75) is 32.2 Å². The van der Waals surface area contributed by atoms with Crippen LogP contribution in [0.1, 0.15) is 36.7 Å². The molecule has 2 heterocycles. The van der Waals surface area contributed by atoms with Crippen LogP contribution in [0.4, 0.5) is 10.7 Å². The first-order valence-electron chi connectivity index (χ1n) is 9.43. The van der Waals surface area contributed by atoms with Gasteiger partial charge < -0.3 is 25.2 Å². The molecule has 1 aliphatic heterocycles. The summed E-state index contributed by atoms with van der Waals surface area (Å²) >= 11 is 0. The summed E-state index contributed by atoms with van der Waals surface area (Å²) in [6.45, 7) is 5.03. The zero-order valence-corrected chi connectivity index (χ0v) is 16.4. The largest absolute Gasteiger partial charge is 0.450 e. The van der Waals surface area contributed by atoms with Crippen molar-refractivity contribution in [3.05, 3.63) is 18.0 Å². The number of carbonyl (C=O) groups is 2. The van der Waals surface area contributed by atoms with Crippen molar-refractivity contribution in [3.8, 4) is 0 Å². The quantitative estimate of drug-likeness (QED) is 0.656. The van der Waals surface area contributed by atoms with Crippen LogP contribution in [-0.4, -0.2) is 84.7 Å². The Morgan fingerprint density at radius 1 is 1.33 bits per heavy atom. The van der Waals surface area contributed by atoms with Crippen LogP contribution < -0.4 is 10.6 Å². The summed E-state index contributed by atoms with van der Waals surface area (Å²) in [6.07, 6.45) is 3.66. The van der Waals surface area contributed by atoms with Crippen molar-refractivity contribution < 1.29 is 14.3 Å². The summed E-state index contributed by atoms with van der Waals surface area (Å²) < 4.78 is 5.01. The Bertz CT molecular complexity index is 617. The van der Waals surface area contributed by atoms with Crippen LogP contribution in [0.15, 0.2) is 12.3 Å². The molecule has 0 radical (unpaired) electrons.